The van der Waals surface area contributed by atoms with Crippen molar-refractivity contribution in [2.75, 3.05) is 12.9 Å². The van der Waals surface area contributed by atoms with E-state index >= 15 is 0 Å². The minimum absolute atomic E-state index is 0.0191. The molecule has 0 aliphatic rings. The van der Waals surface area contributed by atoms with E-state index in [0.717, 1.165) is 11.1 Å². The number of H-pyrrole nitrogens is 1. The van der Waals surface area contributed by atoms with E-state index in [4.69, 9.17) is 4.74 Å². The number of Topliss-reactive ketones (excluding diaryl/α,β-unsaturated/α-hetero) is 1. The van der Waals surface area contributed by atoms with Crippen LogP contribution in [0.3, 0.4) is 0 Å². The predicted octanol–water partition coefficient (Wildman–Crippen LogP) is 3.56. The highest BCUT2D eigenvalue weighted by Crippen LogP contribution is 2.20. The van der Waals surface area contributed by atoms with Crippen molar-refractivity contribution < 1.29 is 9.53 Å². The molecule has 0 spiro atoms. The van der Waals surface area contributed by atoms with Crippen LogP contribution in [0.25, 0.3) is 11.1 Å². The summed E-state index contributed by atoms with van der Waals surface area (Å²) in [7, 11) is 1.54. The number of aromatic amines is 1. The number of nitrogens with one attached hydrogen (secondary N) is 1. The summed E-state index contributed by atoms with van der Waals surface area (Å²) in [6, 6.07) is 18.9. The first kappa shape index (κ1) is 18.1. The summed E-state index contributed by atoms with van der Waals surface area (Å²) in [5.41, 5.74) is 3.09. The lowest BCUT2D eigenvalue weighted by Gasteiger charge is -2.05. The smallest absolute Gasteiger partial charge is 0.251 e. The van der Waals surface area contributed by atoms with E-state index in [9.17, 15) is 9.59 Å². The molecule has 132 valence electrons. The Labute approximate surface area is 155 Å². The minimum atomic E-state index is -0.255. The molecule has 0 amide bonds. The molecule has 0 aliphatic heterocycles. The molecule has 2 aromatic carbocycles. The van der Waals surface area contributed by atoms with Crippen LogP contribution < -0.4 is 5.56 Å². The van der Waals surface area contributed by atoms with Crippen molar-refractivity contribution in [3.05, 3.63) is 82.3 Å². The number of rotatable bonds is 7. The second-order valence-electron chi connectivity index (χ2n) is 5.63. The number of aromatic nitrogens is 2. The number of hydrogen-bond acceptors (Lipinski definition) is 5. The molecule has 0 radical (unpaired) electrons. The van der Waals surface area contributed by atoms with Gasteiger partial charge in [-0.2, -0.15) is 0 Å². The molecule has 0 saturated heterocycles. The number of carbonyl (C=O) groups is 1. The van der Waals surface area contributed by atoms with Gasteiger partial charge in [0.25, 0.3) is 5.56 Å². The first-order chi connectivity index (χ1) is 12.7. The van der Waals surface area contributed by atoms with Gasteiger partial charge in [-0.3, -0.25) is 9.59 Å². The largest absolute Gasteiger partial charge is 0.378 e. The monoisotopic (exact) mass is 366 g/mol. The van der Waals surface area contributed by atoms with E-state index in [2.05, 4.69) is 9.97 Å². The summed E-state index contributed by atoms with van der Waals surface area (Å²) < 4.78 is 4.99. The molecular formula is C20H18N2O3S. The van der Waals surface area contributed by atoms with Gasteiger partial charge in [-0.1, -0.05) is 66.4 Å². The van der Waals surface area contributed by atoms with Crippen LogP contribution in [0.4, 0.5) is 0 Å². The third-order valence-electron chi connectivity index (χ3n) is 3.72. The Hall–Kier alpha value is -2.70. The Morgan fingerprint density at radius 1 is 1.08 bits per heavy atom. The third-order valence-corrected chi connectivity index (χ3v) is 4.59. The van der Waals surface area contributed by atoms with Crippen LogP contribution in [0.2, 0.25) is 0 Å². The Morgan fingerprint density at radius 3 is 2.46 bits per heavy atom. The van der Waals surface area contributed by atoms with Gasteiger partial charge >= 0.3 is 0 Å². The van der Waals surface area contributed by atoms with Crippen molar-refractivity contribution >= 4 is 17.5 Å². The van der Waals surface area contributed by atoms with Crippen molar-refractivity contribution in [3.63, 3.8) is 0 Å². The Kier molecular flexibility index (Phi) is 5.99. The molecule has 0 bridgehead atoms. The zero-order valence-corrected chi connectivity index (χ0v) is 15.1. The standard InChI is InChI=1S/C20H18N2O3S/c1-25-12-17-11-19(24)22-20(21-17)26-13-18(23)16-9-7-15(8-10-16)14-5-3-2-4-6-14/h2-11H,12-13H2,1H3,(H,21,22,24). The minimum Gasteiger partial charge on any atom is -0.378 e. The quantitative estimate of drug-likeness (QED) is 0.393. The van der Waals surface area contributed by atoms with Gasteiger partial charge in [-0.25, -0.2) is 4.98 Å². The van der Waals surface area contributed by atoms with Crippen LogP contribution in [0, 0.1) is 0 Å². The molecule has 6 heteroatoms. The topological polar surface area (TPSA) is 72.1 Å². The Morgan fingerprint density at radius 2 is 1.77 bits per heavy atom. The van der Waals surface area contributed by atoms with E-state index in [1.165, 1.54) is 24.9 Å². The van der Waals surface area contributed by atoms with Crippen molar-refractivity contribution in [2.24, 2.45) is 0 Å². The Balaban J connectivity index is 1.66. The normalized spacial score (nSPS) is 10.7. The molecule has 0 unspecified atom stereocenters. The summed E-state index contributed by atoms with van der Waals surface area (Å²) in [6.07, 6.45) is 0. The maximum atomic E-state index is 12.4. The number of benzene rings is 2. The average molecular weight is 366 g/mol. The van der Waals surface area contributed by atoms with Crippen LogP contribution in [0.15, 0.2) is 70.6 Å². The lowest BCUT2D eigenvalue weighted by molar-refractivity contribution is 0.102. The predicted molar refractivity (Wildman–Crippen MR) is 103 cm³/mol. The number of carbonyl (C=O) groups excluding carboxylic acids is 1. The molecule has 0 saturated carbocycles. The summed E-state index contributed by atoms with van der Waals surface area (Å²) in [6.45, 7) is 0.256. The number of ketones is 1. The average Bonchev–Trinajstić information content (AvgIpc) is 2.67. The molecule has 0 fully saturated rings. The zero-order valence-electron chi connectivity index (χ0n) is 14.3. The van der Waals surface area contributed by atoms with Gasteiger partial charge in [0.1, 0.15) is 0 Å². The van der Waals surface area contributed by atoms with Crippen molar-refractivity contribution in [1.82, 2.24) is 9.97 Å². The number of thioether (sulfide) groups is 1. The second-order valence-corrected chi connectivity index (χ2v) is 6.59. The molecule has 26 heavy (non-hydrogen) atoms. The molecule has 3 rings (SSSR count). The number of ether oxygens (including phenoxy) is 1. The highest BCUT2D eigenvalue weighted by molar-refractivity contribution is 7.99. The number of hydrogen-bond donors (Lipinski definition) is 1. The molecule has 0 aliphatic carbocycles. The molecule has 5 nitrogen and oxygen atoms in total. The van der Waals surface area contributed by atoms with Crippen molar-refractivity contribution in [1.29, 1.82) is 0 Å². The fourth-order valence-corrected chi connectivity index (χ4v) is 3.26. The van der Waals surface area contributed by atoms with Gasteiger partial charge in [-0.15, -0.1) is 0 Å². The lowest BCUT2D eigenvalue weighted by Crippen LogP contribution is -2.11. The maximum Gasteiger partial charge on any atom is 0.251 e. The fraction of sp³-hybridized carbons (Fsp3) is 0.150. The summed E-state index contributed by atoms with van der Waals surface area (Å²) in [4.78, 5) is 30.9. The molecule has 0 atom stereocenters. The number of nitrogens with zero attached hydrogens (tertiary/aromatic N) is 1. The molecular weight excluding hydrogens is 348 g/mol. The first-order valence-corrected chi connectivity index (χ1v) is 9.05. The lowest BCUT2D eigenvalue weighted by atomic mass is 10.0. The van der Waals surface area contributed by atoms with Crippen LogP contribution in [0.1, 0.15) is 16.1 Å². The second kappa shape index (κ2) is 8.60. The first-order valence-electron chi connectivity index (χ1n) is 8.06. The van der Waals surface area contributed by atoms with E-state index < -0.39 is 0 Å². The van der Waals surface area contributed by atoms with Crippen molar-refractivity contribution in [2.45, 2.75) is 11.8 Å². The molecule has 1 N–H and O–H groups in total. The summed E-state index contributed by atoms with van der Waals surface area (Å²) in [5.74, 6) is 0.179. The molecule has 3 aromatic rings. The fourth-order valence-electron chi connectivity index (χ4n) is 2.47. The zero-order chi connectivity index (χ0) is 18.4. The third kappa shape index (κ3) is 4.68. The van der Waals surface area contributed by atoms with Gasteiger partial charge in [0.05, 0.1) is 18.1 Å². The van der Waals surface area contributed by atoms with Gasteiger partial charge in [0.15, 0.2) is 10.9 Å². The van der Waals surface area contributed by atoms with Crippen LogP contribution in [0.5, 0.6) is 0 Å². The highest BCUT2D eigenvalue weighted by atomic mass is 32.2. The van der Waals surface area contributed by atoms with Gasteiger partial charge in [0.2, 0.25) is 0 Å². The SMILES string of the molecule is COCc1cc(=O)[nH]c(SCC(=O)c2ccc(-c3ccccc3)cc2)n1. The van der Waals surface area contributed by atoms with Gasteiger partial charge < -0.3 is 9.72 Å². The van der Waals surface area contributed by atoms with Gasteiger partial charge in [-0.05, 0) is 11.1 Å². The van der Waals surface area contributed by atoms with E-state index in [1.807, 2.05) is 54.6 Å². The number of methoxy groups -OCH3 is 1. The highest BCUT2D eigenvalue weighted by Gasteiger charge is 2.09. The Bertz CT molecular complexity index is 937. The van der Waals surface area contributed by atoms with Crippen molar-refractivity contribution in [3.8, 4) is 11.1 Å². The molecule has 1 aromatic heterocycles. The molecule has 1 heterocycles. The summed E-state index contributed by atoms with van der Waals surface area (Å²) in [5, 5.41) is 0.416. The van der Waals surface area contributed by atoms with Gasteiger partial charge in [0, 0.05) is 18.7 Å². The van der Waals surface area contributed by atoms with Crippen LogP contribution >= 0.6 is 11.8 Å². The van der Waals surface area contributed by atoms with Crippen LogP contribution in [-0.4, -0.2) is 28.6 Å². The van der Waals surface area contributed by atoms with E-state index in [0.29, 0.717) is 16.4 Å². The van der Waals surface area contributed by atoms with E-state index in [-0.39, 0.29) is 23.7 Å². The summed E-state index contributed by atoms with van der Waals surface area (Å²) >= 11 is 1.21. The maximum absolute atomic E-state index is 12.4. The van der Waals surface area contributed by atoms with Crippen LogP contribution in [-0.2, 0) is 11.3 Å². The van der Waals surface area contributed by atoms with E-state index in [1.54, 1.807) is 0 Å².